The molecule has 1 heterocycles. The highest BCUT2D eigenvalue weighted by molar-refractivity contribution is 6.42. The first-order chi connectivity index (χ1) is 18.0. The number of carbonyl (C=O) groups excluding carboxylic acids is 1. The second-order valence-electron chi connectivity index (χ2n) is 8.23. The smallest absolute Gasteiger partial charge is 0.363 e. The first-order valence-electron chi connectivity index (χ1n) is 11.4. The number of hydrogen-bond acceptors (Lipinski definition) is 5. The van der Waals surface area contributed by atoms with Gasteiger partial charge >= 0.3 is 5.97 Å². The molecule has 0 bridgehead atoms. The zero-order valence-electron chi connectivity index (χ0n) is 19.8. The van der Waals surface area contributed by atoms with Gasteiger partial charge < -0.3 is 14.2 Å². The molecule has 0 amide bonds. The van der Waals surface area contributed by atoms with Gasteiger partial charge in [0, 0.05) is 5.56 Å². The summed E-state index contributed by atoms with van der Waals surface area (Å²) in [7, 11) is 1.55. The second kappa shape index (κ2) is 10.9. The highest BCUT2D eigenvalue weighted by Crippen LogP contribution is 2.31. The lowest BCUT2D eigenvalue weighted by Gasteiger charge is -2.12. The van der Waals surface area contributed by atoms with Crippen molar-refractivity contribution in [3.05, 3.63) is 123 Å². The molecule has 0 saturated carbocycles. The average Bonchev–Trinajstić information content (AvgIpc) is 3.30. The van der Waals surface area contributed by atoms with Crippen molar-refractivity contribution in [1.29, 1.82) is 0 Å². The number of hydrogen-bond donors (Lipinski definition) is 0. The topological polar surface area (TPSA) is 57.1 Å². The molecule has 0 atom stereocenters. The van der Waals surface area contributed by atoms with Crippen LogP contribution in [0.5, 0.6) is 11.5 Å². The van der Waals surface area contributed by atoms with Gasteiger partial charge in [0.25, 0.3) is 0 Å². The van der Waals surface area contributed by atoms with Crippen LogP contribution in [0.1, 0.15) is 16.7 Å². The fourth-order valence-electron chi connectivity index (χ4n) is 3.81. The molecule has 0 radical (unpaired) electrons. The molecule has 7 heteroatoms. The number of nitrogens with zero attached hydrogens (tertiary/aromatic N) is 1. The van der Waals surface area contributed by atoms with E-state index in [1.165, 1.54) is 0 Å². The predicted molar refractivity (Wildman–Crippen MR) is 146 cm³/mol. The van der Waals surface area contributed by atoms with Crippen LogP contribution < -0.4 is 9.47 Å². The molecule has 1 aliphatic heterocycles. The monoisotopic (exact) mass is 529 g/mol. The molecular formula is C30H21Cl2NO4. The standard InChI is InChI=1S/C30H21Cl2NO4/c1-35-28-17-19(8-14-27(28)36-18-20-7-13-24(31)25(32)15-20)16-26-30(34)37-29(33-26)23-11-9-22(10-12-23)21-5-3-2-4-6-21/h2-17H,18H2,1H3/b26-16-. The van der Waals surface area contributed by atoms with Crippen LogP contribution >= 0.6 is 23.2 Å². The lowest BCUT2D eigenvalue weighted by atomic mass is 10.0. The Morgan fingerprint density at radius 1 is 0.811 bits per heavy atom. The van der Waals surface area contributed by atoms with Gasteiger partial charge in [-0.15, -0.1) is 0 Å². The van der Waals surface area contributed by atoms with Crippen molar-refractivity contribution in [3.8, 4) is 22.6 Å². The minimum Gasteiger partial charge on any atom is -0.493 e. The van der Waals surface area contributed by atoms with Crippen LogP contribution in [0.4, 0.5) is 0 Å². The molecule has 184 valence electrons. The maximum Gasteiger partial charge on any atom is 0.363 e. The zero-order chi connectivity index (χ0) is 25.8. The van der Waals surface area contributed by atoms with Gasteiger partial charge in [0.15, 0.2) is 17.2 Å². The van der Waals surface area contributed by atoms with E-state index in [0.717, 1.165) is 27.8 Å². The molecule has 4 aromatic rings. The number of cyclic esters (lactones) is 1. The number of esters is 1. The summed E-state index contributed by atoms with van der Waals surface area (Å²) in [5.74, 6) is 0.819. The SMILES string of the molecule is COc1cc(/C=C2\N=C(c3ccc(-c4ccccc4)cc3)OC2=O)ccc1OCc1ccc(Cl)c(Cl)c1. The van der Waals surface area contributed by atoms with Crippen LogP contribution in [0.25, 0.3) is 17.2 Å². The predicted octanol–water partition coefficient (Wildman–Crippen LogP) is 7.59. The molecule has 0 saturated heterocycles. The molecule has 5 nitrogen and oxygen atoms in total. The highest BCUT2D eigenvalue weighted by Gasteiger charge is 2.24. The fourth-order valence-corrected chi connectivity index (χ4v) is 4.13. The van der Waals surface area contributed by atoms with Gasteiger partial charge in [-0.1, -0.05) is 77.8 Å². The Bertz CT molecular complexity index is 1510. The Hall–Kier alpha value is -4.06. The van der Waals surface area contributed by atoms with Crippen molar-refractivity contribution in [2.75, 3.05) is 7.11 Å². The van der Waals surface area contributed by atoms with Gasteiger partial charge in [-0.2, -0.15) is 0 Å². The third-order valence-corrected chi connectivity index (χ3v) is 6.47. The average molecular weight is 530 g/mol. The molecule has 0 fully saturated rings. The summed E-state index contributed by atoms with van der Waals surface area (Å²) >= 11 is 12.1. The summed E-state index contributed by atoms with van der Waals surface area (Å²) in [6.07, 6.45) is 1.65. The van der Waals surface area contributed by atoms with E-state index in [4.69, 9.17) is 37.4 Å². The van der Waals surface area contributed by atoms with E-state index in [1.54, 1.807) is 37.5 Å². The second-order valence-corrected chi connectivity index (χ2v) is 9.04. The van der Waals surface area contributed by atoms with Crippen LogP contribution in [-0.4, -0.2) is 19.0 Å². The molecule has 0 aromatic heterocycles. The number of ether oxygens (including phenoxy) is 3. The van der Waals surface area contributed by atoms with Crippen molar-refractivity contribution in [2.24, 2.45) is 4.99 Å². The molecular weight excluding hydrogens is 509 g/mol. The third-order valence-electron chi connectivity index (χ3n) is 5.73. The minimum absolute atomic E-state index is 0.202. The summed E-state index contributed by atoms with van der Waals surface area (Å²) in [4.78, 5) is 16.9. The largest absolute Gasteiger partial charge is 0.493 e. The van der Waals surface area contributed by atoms with Gasteiger partial charge in [0.1, 0.15) is 6.61 Å². The van der Waals surface area contributed by atoms with Gasteiger partial charge in [0.05, 0.1) is 17.2 Å². The Morgan fingerprint density at radius 2 is 1.54 bits per heavy atom. The normalized spacial score (nSPS) is 13.9. The van der Waals surface area contributed by atoms with Crippen LogP contribution in [0, 0.1) is 0 Å². The minimum atomic E-state index is -0.513. The highest BCUT2D eigenvalue weighted by atomic mass is 35.5. The molecule has 5 rings (SSSR count). The van der Waals surface area contributed by atoms with Gasteiger partial charge in [-0.25, -0.2) is 9.79 Å². The van der Waals surface area contributed by atoms with Gasteiger partial charge in [-0.3, -0.25) is 0 Å². The summed E-state index contributed by atoms with van der Waals surface area (Å²) < 4.78 is 16.8. The quantitative estimate of drug-likeness (QED) is 0.183. The van der Waals surface area contributed by atoms with Crippen LogP contribution in [0.15, 0.2) is 102 Å². The molecule has 4 aromatic carbocycles. The third kappa shape index (κ3) is 5.69. The first kappa shape index (κ1) is 24.6. The van der Waals surface area contributed by atoms with Crippen LogP contribution in [0.3, 0.4) is 0 Å². The number of halogens is 2. The summed E-state index contributed by atoms with van der Waals surface area (Å²) in [6, 6.07) is 28.5. The van der Waals surface area contributed by atoms with E-state index in [2.05, 4.69) is 4.99 Å². The van der Waals surface area contributed by atoms with Gasteiger partial charge in [0.2, 0.25) is 5.90 Å². The lowest BCUT2D eigenvalue weighted by molar-refractivity contribution is -0.129. The number of rotatable bonds is 7. The molecule has 37 heavy (non-hydrogen) atoms. The van der Waals surface area contributed by atoms with Gasteiger partial charge in [-0.05, 0) is 64.7 Å². The number of methoxy groups -OCH3 is 1. The van der Waals surface area contributed by atoms with Crippen LogP contribution in [0.2, 0.25) is 10.0 Å². The molecule has 1 aliphatic rings. The van der Waals surface area contributed by atoms with E-state index >= 15 is 0 Å². The van der Waals surface area contributed by atoms with Crippen LogP contribution in [-0.2, 0) is 16.1 Å². The van der Waals surface area contributed by atoms with E-state index in [9.17, 15) is 4.79 Å². The Morgan fingerprint density at radius 3 is 2.27 bits per heavy atom. The molecule has 0 spiro atoms. The Labute approximate surface area is 224 Å². The van der Waals surface area contributed by atoms with Crippen molar-refractivity contribution in [1.82, 2.24) is 0 Å². The number of benzene rings is 4. The molecule has 0 N–H and O–H groups in total. The van der Waals surface area contributed by atoms with Crippen molar-refractivity contribution < 1.29 is 19.0 Å². The van der Waals surface area contributed by atoms with E-state index in [1.807, 2.05) is 66.7 Å². The summed E-state index contributed by atoms with van der Waals surface area (Å²) in [5.41, 5.74) is 4.69. The lowest BCUT2D eigenvalue weighted by Crippen LogP contribution is -2.05. The Kier molecular flexibility index (Phi) is 7.26. The fraction of sp³-hybridized carbons (Fsp3) is 0.0667. The summed E-state index contributed by atoms with van der Waals surface area (Å²) in [6.45, 7) is 0.288. The maximum absolute atomic E-state index is 12.5. The summed E-state index contributed by atoms with van der Waals surface area (Å²) in [5, 5.41) is 0.952. The first-order valence-corrected chi connectivity index (χ1v) is 12.2. The van der Waals surface area contributed by atoms with Crippen molar-refractivity contribution in [2.45, 2.75) is 6.61 Å². The Balaban J connectivity index is 1.32. The molecule has 0 aliphatic carbocycles. The van der Waals surface area contributed by atoms with Crippen molar-refractivity contribution >= 4 is 41.1 Å². The van der Waals surface area contributed by atoms with E-state index < -0.39 is 5.97 Å². The number of aliphatic imine (C=N–C) groups is 1. The molecule has 0 unspecified atom stereocenters. The van der Waals surface area contributed by atoms with Crippen molar-refractivity contribution in [3.63, 3.8) is 0 Å². The number of carbonyl (C=O) groups is 1. The van der Waals surface area contributed by atoms with E-state index in [0.29, 0.717) is 21.5 Å². The maximum atomic E-state index is 12.5. The van der Waals surface area contributed by atoms with E-state index in [-0.39, 0.29) is 18.2 Å². The zero-order valence-corrected chi connectivity index (χ0v) is 21.3.